The summed E-state index contributed by atoms with van der Waals surface area (Å²) in [7, 11) is 0. The van der Waals surface area contributed by atoms with Crippen molar-refractivity contribution in [1.29, 1.82) is 0 Å². The van der Waals surface area contributed by atoms with Crippen LogP contribution < -0.4 is 5.32 Å². The quantitative estimate of drug-likeness (QED) is 0.867. The van der Waals surface area contributed by atoms with Crippen molar-refractivity contribution in [2.45, 2.75) is 0 Å². The van der Waals surface area contributed by atoms with Crippen molar-refractivity contribution in [2.24, 2.45) is 0 Å². The Bertz CT molecular complexity index is 468. The van der Waals surface area contributed by atoms with Crippen LogP contribution in [-0.2, 0) is 0 Å². The zero-order chi connectivity index (χ0) is 10.7. The molecule has 2 rings (SSSR count). The van der Waals surface area contributed by atoms with E-state index in [1.807, 2.05) is 24.3 Å². The minimum Gasteiger partial charge on any atom is -0.351 e. The van der Waals surface area contributed by atoms with E-state index in [1.54, 1.807) is 0 Å². The highest BCUT2D eigenvalue weighted by molar-refractivity contribution is 14.1. The molecule has 0 aliphatic heterocycles. The molecule has 15 heavy (non-hydrogen) atoms. The molecule has 0 unspecified atom stereocenters. The molecule has 1 heterocycles. The molecule has 0 spiro atoms. The number of carbonyl (C=O) groups is 1. The fraction of sp³-hybridized carbons (Fsp3) is 0. The molecular weight excluding hydrogens is 307 g/mol. The van der Waals surface area contributed by atoms with Gasteiger partial charge in [-0.15, -0.1) is 0 Å². The molecule has 4 nitrogen and oxygen atoms in total. The van der Waals surface area contributed by atoms with Gasteiger partial charge in [0.1, 0.15) is 0 Å². The lowest BCUT2D eigenvalue weighted by Crippen LogP contribution is -2.11. The summed E-state index contributed by atoms with van der Waals surface area (Å²) in [6.07, 6.45) is 1.44. The van der Waals surface area contributed by atoms with Crippen LogP contribution >= 0.6 is 22.6 Å². The van der Waals surface area contributed by atoms with Crippen LogP contribution in [-0.4, -0.2) is 11.1 Å². The molecule has 0 aliphatic carbocycles. The van der Waals surface area contributed by atoms with Gasteiger partial charge in [-0.3, -0.25) is 4.79 Å². The monoisotopic (exact) mass is 314 g/mol. The van der Waals surface area contributed by atoms with Crippen molar-refractivity contribution < 1.29 is 9.32 Å². The maximum atomic E-state index is 11.6. The molecule has 0 fully saturated rings. The van der Waals surface area contributed by atoms with Gasteiger partial charge in [0.25, 0.3) is 5.91 Å². The van der Waals surface area contributed by atoms with Gasteiger partial charge < -0.3 is 9.84 Å². The fourth-order valence-corrected chi connectivity index (χ4v) is 1.60. The Morgan fingerprint density at radius 1 is 1.33 bits per heavy atom. The number of halogens is 1. The topological polar surface area (TPSA) is 55.1 Å². The van der Waals surface area contributed by atoms with Crippen molar-refractivity contribution in [3.63, 3.8) is 0 Å². The molecule has 1 amide bonds. The molecule has 76 valence electrons. The van der Waals surface area contributed by atoms with Crippen molar-refractivity contribution in [3.05, 3.63) is 45.9 Å². The Morgan fingerprint density at radius 2 is 2.13 bits per heavy atom. The van der Waals surface area contributed by atoms with Crippen molar-refractivity contribution >= 4 is 34.2 Å². The number of aromatic nitrogens is 1. The summed E-state index contributed by atoms with van der Waals surface area (Å²) in [4.78, 5) is 11.6. The third-order valence-corrected chi connectivity index (χ3v) is 2.72. The molecule has 0 saturated heterocycles. The van der Waals surface area contributed by atoms with Crippen LogP contribution in [0.15, 0.2) is 41.1 Å². The van der Waals surface area contributed by atoms with E-state index >= 15 is 0 Å². The summed E-state index contributed by atoms with van der Waals surface area (Å²) in [5.74, 6) is -0.0914. The van der Waals surface area contributed by atoms with Crippen LogP contribution in [0.2, 0.25) is 0 Å². The van der Waals surface area contributed by atoms with Crippen molar-refractivity contribution in [1.82, 2.24) is 5.16 Å². The van der Waals surface area contributed by atoms with E-state index in [1.165, 1.54) is 12.3 Å². The van der Waals surface area contributed by atoms with Gasteiger partial charge in [-0.1, -0.05) is 17.3 Å². The first-order chi connectivity index (χ1) is 7.27. The second-order valence-corrected chi connectivity index (χ2v) is 3.97. The third kappa shape index (κ3) is 2.35. The summed E-state index contributed by atoms with van der Waals surface area (Å²) in [6.45, 7) is 0. The van der Waals surface area contributed by atoms with Crippen LogP contribution in [0.1, 0.15) is 10.6 Å². The first-order valence-corrected chi connectivity index (χ1v) is 5.32. The van der Waals surface area contributed by atoms with Gasteiger partial charge >= 0.3 is 0 Å². The summed E-state index contributed by atoms with van der Waals surface area (Å²) >= 11 is 2.15. The van der Waals surface area contributed by atoms with Crippen LogP contribution in [0.5, 0.6) is 0 Å². The minimum atomic E-state index is -0.295. The average Bonchev–Trinajstić information content (AvgIpc) is 2.74. The van der Waals surface area contributed by atoms with Gasteiger partial charge in [-0.2, -0.15) is 0 Å². The van der Waals surface area contributed by atoms with Gasteiger partial charge in [-0.25, -0.2) is 0 Å². The maximum Gasteiger partial charge on any atom is 0.294 e. The molecule has 1 N–H and O–H groups in total. The smallest absolute Gasteiger partial charge is 0.294 e. The maximum absolute atomic E-state index is 11.6. The van der Waals surface area contributed by atoms with E-state index in [9.17, 15) is 4.79 Å². The minimum absolute atomic E-state index is 0.203. The van der Waals surface area contributed by atoms with Crippen LogP contribution in [0.25, 0.3) is 0 Å². The average molecular weight is 314 g/mol. The summed E-state index contributed by atoms with van der Waals surface area (Å²) in [5.41, 5.74) is 0.763. The predicted octanol–water partition coefficient (Wildman–Crippen LogP) is 2.53. The first-order valence-electron chi connectivity index (χ1n) is 4.24. The molecule has 0 aliphatic rings. The number of benzene rings is 1. The van der Waals surface area contributed by atoms with Gasteiger partial charge in [0.2, 0.25) is 5.76 Å². The molecule has 5 heteroatoms. The lowest BCUT2D eigenvalue weighted by molar-refractivity contribution is 0.0988. The van der Waals surface area contributed by atoms with Gasteiger partial charge in [0, 0.05) is 9.64 Å². The molecule has 1 aromatic carbocycles. The Balaban J connectivity index is 2.17. The van der Waals surface area contributed by atoms with Crippen molar-refractivity contribution in [3.8, 4) is 0 Å². The van der Waals surface area contributed by atoms with Crippen LogP contribution in [0, 0.1) is 3.57 Å². The standard InChI is InChI=1S/C10H7IN2O2/c11-7-3-1-2-4-8(7)13-10(14)9-5-6-12-15-9/h1-6H,(H,13,14). The Hall–Kier alpha value is -1.37. The van der Waals surface area contributed by atoms with E-state index in [2.05, 4.69) is 33.1 Å². The molecule has 2 aromatic rings. The zero-order valence-electron chi connectivity index (χ0n) is 7.61. The number of anilines is 1. The highest BCUT2D eigenvalue weighted by Gasteiger charge is 2.10. The van der Waals surface area contributed by atoms with Gasteiger partial charge in [0.05, 0.1) is 11.9 Å². The molecule has 0 atom stereocenters. The number of rotatable bonds is 2. The summed E-state index contributed by atoms with van der Waals surface area (Å²) < 4.78 is 5.72. The molecule has 0 saturated carbocycles. The Labute approximate surface area is 99.8 Å². The second kappa shape index (κ2) is 4.43. The lowest BCUT2D eigenvalue weighted by atomic mass is 10.3. The normalized spacial score (nSPS) is 9.93. The molecular formula is C10H7IN2O2. The number of nitrogens with zero attached hydrogens (tertiary/aromatic N) is 1. The molecule has 1 aromatic heterocycles. The third-order valence-electron chi connectivity index (χ3n) is 1.78. The number of carbonyl (C=O) groups excluding carboxylic acids is 1. The Morgan fingerprint density at radius 3 is 2.80 bits per heavy atom. The van der Waals surface area contributed by atoms with Crippen LogP contribution in [0.4, 0.5) is 5.69 Å². The number of para-hydroxylation sites is 1. The van der Waals surface area contributed by atoms with Crippen LogP contribution in [0.3, 0.4) is 0 Å². The highest BCUT2D eigenvalue weighted by Crippen LogP contribution is 2.17. The largest absolute Gasteiger partial charge is 0.351 e. The SMILES string of the molecule is O=C(Nc1ccccc1I)c1ccno1. The molecule has 0 bridgehead atoms. The van der Waals surface area contributed by atoms with E-state index in [-0.39, 0.29) is 11.7 Å². The number of nitrogens with one attached hydrogen (secondary N) is 1. The van der Waals surface area contributed by atoms with Gasteiger partial charge in [-0.05, 0) is 34.7 Å². The zero-order valence-corrected chi connectivity index (χ0v) is 9.76. The number of hydrogen-bond acceptors (Lipinski definition) is 3. The number of amides is 1. The fourth-order valence-electron chi connectivity index (χ4n) is 1.08. The van der Waals surface area contributed by atoms with E-state index in [4.69, 9.17) is 4.52 Å². The predicted molar refractivity (Wildman–Crippen MR) is 63.6 cm³/mol. The second-order valence-electron chi connectivity index (χ2n) is 2.81. The molecule has 0 radical (unpaired) electrons. The van der Waals surface area contributed by atoms with Gasteiger partial charge in [0.15, 0.2) is 0 Å². The first kappa shape index (κ1) is 10.2. The van der Waals surface area contributed by atoms with E-state index < -0.39 is 0 Å². The van der Waals surface area contributed by atoms with E-state index in [0.29, 0.717) is 0 Å². The number of hydrogen-bond donors (Lipinski definition) is 1. The summed E-state index contributed by atoms with van der Waals surface area (Å²) in [6, 6.07) is 9.03. The summed E-state index contributed by atoms with van der Waals surface area (Å²) in [5, 5.41) is 6.20. The highest BCUT2D eigenvalue weighted by atomic mass is 127. The Kier molecular flexibility index (Phi) is 3.00. The lowest BCUT2D eigenvalue weighted by Gasteiger charge is -2.04. The van der Waals surface area contributed by atoms with E-state index in [0.717, 1.165) is 9.26 Å². The van der Waals surface area contributed by atoms with Crippen molar-refractivity contribution in [2.75, 3.05) is 5.32 Å².